The average molecular weight is 256 g/mol. The molecule has 1 N–H and O–H groups in total. The van der Waals surface area contributed by atoms with Gasteiger partial charge in [0.2, 0.25) is 0 Å². The summed E-state index contributed by atoms with van der Waals surface area (Å²) in [4.78, 5) is 13.6. The molecule has 2 heterocycles. The monoisotopic (exact) mass is 256 g/mol. The van der Waals surface area contributed by atoms with Gasteiger partial charge in [-0.15, -0.1) is 0 Å². The van der Waals surface area contributed by atoms with E-state index in [0.29, 0.717) is 0 Å². The maximum atomic E-state index is 4.67. The smallest absolute Gasteiger partial charge is 0.132 e. The van der Waals surface area contributed by atoms with Crippen molar-refractivity contribution in [3.8, 4) is 0 Å². The Morgan fingerprint density at radius 1 is 1.21 bits per heavy atom. The maximum Gasteiger partial charge on any atom is 0.132 e. The van der Waals surface area contributed by atoms with Crippen LogP contribution in [0.3, 0.4) is 0 Å². The summed E-state index contributed by atoms with van der Waals surface area (Å²) in [5.74, 6) is 1.83. The number of hydrogen-bond acceptors (Lipinski definition) is 4. The quantitative estimate of drug-likeness (QED) is 0.893. The summed E-state index contributed by atoms with van der Waals surface area (Å²) < 4.78 is 0. The van der Waals surface area contributed by atoms with E-state index in [4.69, 9.17) is 0 Å². The van der Waals surface area contributed by atoms with Gasteiger partial charge < -0.3 is 5.32 Å². The molecule has 0 bridgehead atoms. The van der Waals surface area contributed by atoms with E-state index >= 15 is 0 Å². The molecule has 4 nitrogen and oxygen atoms in total. The van der Waals surface area contributed by atoms with Crippen molar-refractivity contribution in [3.63, 3.8) is 0 Å². The third kappa shape index (κ3) is 3.28. The lowest BCUT2D eigenvalue weighted by Gasteiger charge is -2.11. The molecule has 0 radical (unpaired) electrons. The molecule has 2 rings (SSSR count). The third-order valence-corrected chi connectivity index (χ3v) is 3.08. The zero-order valence-electron chi connectivity index (χ0n) is 11.8. The van der Waals surface area contributed by atoms with Crippen molar-refractivity contribution in [1.29, 1.82) is 0 Å². The summed E-state index contributed by atoms with van der Waals surface area (Å²) in [6, 6.07) is 5.96. The number of rotatable bonds is 5. The standard InChI is InChI=1S/C15H20N4/c1-4-7-14-18-13(11(2)15(16-3)19-14)10-12-8-5-6-9-17-12/h5-6,8-9H,4,7,10H2,1-3H3,(H,16,18,19). The molecule has 0 atom stereocenters. The van der Waals surface area contributed by atoms with Gasteiger partial charge >= 0.3 is 0 Å². The Bertz CT molecular complexity index is 537. The molecule has 2 aromatic heterocycles. The van der Waals surface area contributed by atoms with Crippen molar-refractivity contribution < 1.29 is 0 Å². The summed E-state index contributed by atoms with van der Waals surface area (Å²) in [6.07, 6.45) is 4.53. The molecule has 0 unspecified atom stereocenters. The predicted molar refractivity (Wildman–Crippen MR) is 77.4 cm³/mol. The number of aromatic nitrogens is 3. The highest BCUT2D eigenvalue weighted by Crippen LogP contribution is 2.18. The first-order valence-corrected chi connectivity index (χ1v) is 6.68. The van der Waals surface area contributed by atoms with Gasteiger partial charge in [-0.1, -0.05) is 13.0 Å². The molecule has 0 aliphatic heterocycles. The van der Waals surface area contributed by atoms with Crippen molar-refractivity contribution >= 4 is 5.82 Å². The fourth-order valence-corrected chi connectivity index (χ4v) is 2.04. The van der Waals surface area contributed by atoms with E-state index in [1.54, 1.807) is 0 Å². The van der Waals surface area contributed by atoms with Crippen LogP contribution in [0.5, 0.6) is 0 Å². The molecular formula is C15H20N4. The van der Waals surface area contributed by atoms with Crippen LogP contribution in [-0.4, -0.2) is 22.0 Å². The topological polar surface area (TPSA) is 50.7 Å². The van der Waals surface area contributed by atoms with Crippen LogP contribution in [0.4, 0.5) is 5.82 Å². The molecule has 100 valence electrons. The normalized spacial score (nSPS) is 10.5. The first-order valence-electron chi connectivity index (χ1n) is 6.68. The van der Waals surface area contributed by atoms with Gasteiger partial charge in [-0.05, 0) is 25.5 Å². The van der Waals surface area contributed by atoms with Crippen LogP contribution >= 0.6 is 0 Å². The van der Waals surface area contributed by atoms with E-state index in [0.717, 1.165) is 47.9 Å². The minimum atomic E-state index is 0.751. The molecule has 0 aromatic carbocycles. The first kappa shape index (κ1) is 13.5. The van der Waals surface area contributed by atoms with E-state index in [2.05, 4.69) is 34.1 Å². The van der Waals surface area contributed by atoms with Crippen LogP contribution in [0.25, 0.3) is 0 Å². The van der Waals surface area contributed by atoms with Crippen molar-refractivity contribution in [2.45, 2.75) is 33.1 Å². The SMILES string of the molecule is CCCc1nc(Cc2ccccn2)c(C)c(NC)n1. The minimum Gasteiger partial charge on any atom is -0.373 e. The second-order valence-corrected chi connectivity index (χ2v) is 4.56. The van der Waals surface area contributed by atoms with Crippen LogP contribution in [0.2, 0.25) is 0 Å². The molecule has 0 saturated carbocycles. The second kappa shape index (κ2) is 6.27. The summed E-state index contributed by atoms with van der Waals surface area (Å²) in [7, 11) is 1.90. The Morgan fingerprint density at radius 2 is 2.05 bits per heavy atom. The Morgan fingerprint density at radius 3 is 2.68 bits per heavy atom. The highest BCUT2D eigenvalue weighted by Gasteiger charge is 2.10. The molecular weight excluding hydrogens is 236 g/mol. The van der Waals surface area contributed by atoms with Crippen molar-refractivity contribution in [3.05, 3.63) is 47.2 Å². The fraction of sp³-hybridized carbons (Fsp3) is 0.400. The highest BCUT2D eigenvalue weighted by atomic mass is 15.0. The summed E-state index contributed by atoms with van der Waals surface area (Å²) in [6.45, 7) is 4.19. The molecule has 0 saturated heterocycles. The van der Waals surface area contributed by atoms with Gasteiger partial charge in [0.05, 0.1) is 5.69 Å². The minimum absolute atomic E-state index is 0.751. The highest BCUT2D eigenvalue weighted by molar-refractivity contribution is 5.46. The van der Waals surface area contributed by atoms with E-state index in [1.165, 1.54) is 0 Å². The Kier molecular flexibility index (Phi) is 4.44. The average Bonchev–Trinajstić information content (AvgIpc) is 2.43. The van der Waals surface area contributed by atoms with Gasteiger partial charge in [0.15, 0.2) is 0 Å². The van der Waals surface area contributed by atoms with Gasteiger partial charge in [-0.3, -0.25) is 4.98 Å². The van der Waals surface area contributed by atoms with Crippen molar-refractivity contribution in [2.75, 3.05) is 12.4 Å². The lowest BCUT2D eigenvalue weighted by Crippen LogP contribution is -2.08. The molecule has 19 heavy (non-hydrogen) atoms. The van der Waals surface area contributed by atoms with Crippen LogP contribution < -0.4 is 5.32 Å². The Balaban J connectivity index is 2.35. The maximum absolute atomic E-state index is 4.67. The zero-order chi connectivity index (χ0) is 13.7. The number of nitrogens with zero attached hydrogens (tertiary/aromatic N) is 3. The Hall–Kier alpha value is -1.97. The van der Waals surface area contributed by atoms with Crippen molar-refractivity contribution in [1.82, 2.24) is 15.0 Å². The van der Waals surface area contributed by atoms with Crippen LogP contribution in [0.15, 0.2) is 24.4 Å². The lowest BCUT2D eigenvalue weighted by molar-refractivity contribution is 0.810. The molecule has 0 aliphatic carbocycles. The van der Waals surface area contributed by atoms with E-state index in [1.807, 2.05) is 31.4 Å². The number of aryl methyl sites for hydroxylation is 1. The fourth-order valence-electron chi connectivity index (χ4n) is 2.04. The Labute approximate surface area is 114 Å². The van der Waals surface area contributed by atoms with Gasteiger partial charge in [0.1, 0.15) is 11.6 Å². The summed E-state index contributed by atoms with van der Waals surface area (Å²) >= 11 is 0. The first-order chi connectivity index (χ1) is 9.24. The third-order valence-electron chi connectivity index (χ3n) is 3.08. The molecule has 4 heteroatoms. The second-order valence-electron chi connectivity index (χ2n) is 4.56. The van der Waals surface area contributed by atoms with Gasteiger partial charge in [-0.2, -0.15) is 0 Å². The number of nitrogens with one attached hydrogen (secondary N) is 1. The largest absolute Gasteiger partial charge is 0.373 e. The lowest BCUT2D eigenvalue weighted by atomic mass is 10.1. The number of anilines is 1. The van der Waals surface area contributed by atoms with E-state index in [9.17, 15) is 0 Å². The van der Waals surface area contributed by atoms with Gasteiger partial charge in [-0.25, -0.2) is 9.97 Å². The van der Waals surface area contributed by atoms with E-state index < -0.39 is 0 Å². The molecule has 0 spiro atoms. The van der Waals surface area contributed by atoms with E-state index in [-0.39, 0.29) is 0 Å². The van der Waals surface area contributed by atoms with Crippen molar-refractivity contribution in [2.24, 2.45) is 0 Å². The van der Waals surface area contributed by atoms with Crippen LogP contribution in [-0.2, 0) is 12.8 Å². The summed E-state index contributed by atoms with van der Waals surface area (Å²) in [5.41, 5.74) is 3.20. The van der Waals surface area contributed by atoms with Crippen LogP contribution in [0.1, 0.15) is 36.1 Å². The predicted octanol–water partition coefficient (Wildman–Crippen LogP) is 2.77. The number of hydrogen-bond donors (Lipinski definition) is 1. The molecule has 2 aromatic rings. The molecule has 0 fully saturated rings. The molecule has 0 amide bonds. The molecule has 0 aliphatic rings. The van der Waals surface area contributed by atoms with Gasteiger partial charge in [0.25, 0.3) is 0 Å². The summed E-state index contributed by atoms with van der Waals surface area (Å²) in [5, 5.41) is 3.15. The van der Waals surface area contributed by atoms with Crippen LogP contribution in [0, 0.1) is 6.92 Å². The number of pyridine rings is 1. The zero-order valence-corrected chi connectivity index (χ0v) is 11.8. The van der Waals surface area contributed by atoms with Gasteiger partial charge in [0, 0.05) is 37.3 Å².